The smallest absolute Gasteiger partial charge is 0.0687 e. The number of hydrogen-bond acceptors (Lipinski definition) is 1. The highest BCUT2D eigenvalue weighted by molar-refractivity contribution is 9.09. The predicted molar refractivity (Wildman–Crippen MR) is 81.4 cm³/mol. The standard InChI is InChI=1S/C16H29BrO/c1-2-7-14(17)8-6-9-15-10-13-16(18-15)11-4-3-5-12-16/h14-15H,2-13H2,1H3. The zero-order valence-electron chi connectivity index (χ0n) is 11.9. The molecule has 1 heterocycles. The summed E-state index contributed by atoms with van der Waals surface area (Å²) in [5, 5.41) is 0. The first-order valence-corrected chi connectivity index (χ1v) is 8.97. The molecule has 2 atom stereocenters. The molecule has 0 bridgehead atoms. The molecule has 0 radical (unpaired) electrons. The van der Waals surface area contributed by atoms with E-state index in [1.807, 2.05) is 0 Å². The highest BCUT2D eigenvalue weighted by Crippen LogP contribution is 2.43. The number of ether oxygens (including phenoxy) is 1. The Morgan fingerprint density at radius 3 is 2.67 bits per heavy atom. The Morgan fingerprint density at radius 1 is 1.17 bits per heavy atom. The lowest BCUT2D eigenvalue weighted by Crippen LogP contribution is -2.31. The van der Waals surface area contributed by atoms with Crippen LogP contribution in [-0.2, 0) is 4.74 Å². The van der Waals surface area contributed by atoms with Gasteiger partial charge in [-0.3, -0.25) is 0 Å². The molecule has 2 heteroatoms. The van der Waals surface area contributed by atoms with Crippen LogP contribution in [0.5, 0.6) is 0 Å². The molecule has 106 valence electrons. The molecule has 2 aliphatic rings. The van der Waals surface area contributed by atoms with Crippen LogP contribution in [0.3, 0.4) is 0 Å². The van der Waals surface area contributed by atoms with E-state index in [-0.39, 0.29) is 0 Å². The number of rotatable bonds is 6. The number of halogens is 1. The summed E-state index contributed by atoms with van der Waals surface area (Å²) in [5.74, 6) is 0. The molecule has 1 saturated heterocycles. The van der Waals surface area contributed by atoms with Crippen LogP contribution < -0.4 is 0 Å². The minimum Gasteiger partial charge on any atom is -0.372 e. The summed E-state index contributed by atoms with van der Waals surface area (Å²) in [6.07, 6.45) is 16.7. The second kappa shape index (κ2) is 7.28. The van der Waals surface area contributed by atoms with Crippen molar-refractivity contribution in [3.05, 3.63) is 0 Å². The number of hydrogen-bond donors (Lipinski definition) is 0. The zero-order valence-corrected chi connectivity index (χ0v) is 13.5. The van der Waals surface area contributed by atoms with Crippen LogP contribution >= 0.6 is 15.9 Å². The molecule has 1 spiro atoms. The number of alkyl halides is 1. The van der Waals surface area contributed by atoms with Crippen molar-refractivity contribution in [2.75, 3.05) is 0 Å². The van der Waals surface area contributed by atoms with Gasteiger partial charge >= 0.3 is 0 Å². The average Bonchev–Trinajstić information content (AvgIpc) is 2.74. The predicted octanol–water partition coefficient (Wildman–Crippen LogP) is 5.60. The van der Waals surface area contributed by atoms with Crippen LogP contribution in [0.2, 0.25) is 0 Å². The van der Waals surface area contributed by atoms with Crippen molar-refractivity contribution in [2.24, 2.45) is 0 Å². The Kier molecular flexibility index (Phi) is 6.00. The lowest BCUT2D eigenvalue weighted by atomic mass is 9.83. The van der Waals surface area contributed by atoms with Gasteiger partial charge in [-0.1, -0.05) is 48.5 Å². The van der Waals surface area contributed by atoms with Crippen LogP contribution in [0.25, 0.3) is 0 Å². The molecule has 2 rings (SSSR count). The van der Waals surface area contributed by atoms with Crippen molar-refractivity contribution in [3.8, 4) is 0 Å². The highest BCUT2D eigenvalue weighted by Gasteiger charge is 2.40. The largest absolute Gasteiger partial charge is 0.372 e. The fraction of sp³-hybridized carbons (Fsp3) is 1.00. The zero-order chi connectivity index (χ0) is 12.8. The van der Waals surface area contributed by atoms with Gasteiger partial charge in [-0.15, -0.1) is 0 Å². The van der Waals surface area contributed by atoms with E-state index in [1.165, 1.54) is 77.0 Å². The lowest BCUT2D eigenvalue weighted by molar-refractivity contribution is -0.0660. The van der Waals surface area contributed by atoms with E-state index in [1.54, 1.807) is 0 Å². The minimum absolute atomic E-state index is 0.320. The van der Waals surface area contributed by atoms with Gasteiger partial charge in [0.2, 0.25) is 0 Å². The lowest BCUT2D eigenvalue weighted by Gasteiger charge is -2.33. The van der Waals surface area contributed by atoms with Crippen molar-refractivity contribution >= 4 is 15.9 Å². The SMILES string of the molecule is CCCC(Br)CCCC1CCC2(CCCCC2)O1. The summed E-state index contributed by atoms with van der Waals surface area (Å²) in [4.78, 5) is 0.729. The fourth-order valence-electron chi connectivity index (χ4n) is 3.69. The van der Waals surface area contributed by atoms with Crippen LogP contribution in [0, 0.1) is 0 Å². The summed E-state index contributed by atoms with van der Waals surface area (Å²) in [7, 11) is 0. The van der Waals surface area contributed by atoms with Crippen molar-refractivity contribution in [1.29, 1.82) is 0 Å². The third-order valence-electron chi connectivity index (χ3n) is 4.75. The topological polar surface area (TPSA) is 9.23 Å². The summed E-state index contributed by atoms with van der Waals surface area (Å²) in [5.41, 5.74) is 0.320. The van der Waals surface area contributed by atoms with E-state index in [4.69, 9.17) is 4.74 Å². The van der Waals surface area contributed by atoms with Gasteiger partial charge in [-0.25, -0.2) is 0 Å². The maximum absolute atomic E-state index is 6.42. The summed E-state index contributed by atoms with van der Waals surface area (Å²) in [6, 6.07) is 0. The van der Waals surface area contributed by atoms with Gasteiger partial charge in [-0.2, -0.15) is 0 Å². The van der Waals surface area contributed by atoms with E-state index < -0.39 is 0 Å². The molecular weight excluding hydrogens is 288 g/mol. The molecule has 0 aromatic carbocycles. The average molecular weight is 317 g/mol. The van der Waals surface area contributed by atoms with Gasteiger partial charge in [0.05, 0.1) is 11.7 Å². The molecule has 0 aromatic heterocycles. The van der Waals surface area contributed by atoms with Crippen molar-refractivity contribution in [2.45, 2.75) is 101 Å². The summed E-state index contributed by atoms with van der Waals surface area (Å²) in [6.45, 7) is 2.27. The molecule has 0 N–H and O–H groups in total. The molecule has 2 unspecified atom stereocenters. The Hall–Kier alpha value is 0.440. The second-order valence-electron chi connectivity index (χ2n) is 6.34. The van der Waals surface area contributed by atoms with Crippen LogP contribution in [0.1, 0.15) is 84.0 Å². The third-order valence-corrected chi connectivity index (χ3v) is 5.66. The second-order valence-corrected chi connectivity index (χ2v) is 7.63. The quantitative estimate of drug-likeness (QED) is 0.579. The molecule has 1 nitrogen and oxygen atoms in total. The van der Waals surface area contributed by atoms with Gasteiger partial charge in [-0.05, 0) is 51.4 Å². The fourth-order valence-corrected chi connectivity index (χ4v) is 4.47. The van der Waals surface area contributed by atoms with Crippen molar-refractivity contribution in [3.63, 3.8) is 0 Å². The first kappa shape index (κ1) is 14.8. The minimum atomic E-state index is 0.320. The first-order valence-electron chi connectivity index (χ1n) is 8.06. The Labute approximate surface area is 121 Å². The maximum Gasteiger partial charge on any atom is 0.0687 e. The third kappa shape index (κ3) is 4.23. The van der Waals surface area contributed by atoms with Gasteiger partial charge < -0.3 is 4.74 Å². The van der Waals surface area contributed by atoms with Crippen molar-refractivity contribution in [1.82, 2.24) is 0 Å². The van der Waals surface area contributed by atoms with Crippen LogP contribution in [-0.4, -0.2) is 16.5 Å². The van der Waals surface area contributed by atoms with E-state index in [2.05, 4.69) is 22.9 Å². The Morgan fingerprint density at radius 2 is 1.94 bits per heavy atom. The Balaban J connectivity index is 1.63. The molecule has 18 heavy (non-hydrogen) atoms. The molecule has 1 aliphatic heterocycles. The van der Waals surface area contributed by atoms with E-state index in [0.29, 0.717) is 11.7 Å². The van der Waals surface area contributed by atoms with Gasteiger partial charge in [0.15, 0.2) is 0 Å². The summed E-state index contributed by atoms with van der Waals surface area (Å²) >= 11 is 3.78. The van der Waals surface area contributed by atoms with Gasteiger partial charge in [0.1, 0.15) is 0 Å². The monoisotopic (exact) mass is 316 g/mol. The van der Waals surface area contributed by atoms with E-state index >= 15 is 0 Å². The van der Waals surface area contributed by atoms with Crippen molar-refractivity contribution < 1.29 is 4.74 Å². The molecule has 1 saturated carbocycles. The molecular formula is C16H29BrO. The van der Waals surface area contributed by atoms with Crippen LogP contribution in [0.15, 0.2) is 0 Å². The first-order chi connectivity index (χ1) is 8.74. The van der Waals surface area contributed by atoms with Gasteiger partial charge in [0, 0.05) is 4.83 Å². The molecule has 1 aliphatic carbocycles. The normalized spacial score (nSPS) is 28.7. The Bertz CT molecular complexity index is 235. The van der Waals surface area contributed by atoms with Crippen LogP contribution in [0.4, 0.5) is 0 Å². The van der Waals surface area contributed by atoms with E-state index in [0.717, 1.165) is 4.83 Å². The molecule has 0 amide bonds. The molecule has 2 fully saturated rings. The maximum atomic E-state index is 6.42. The van der Waals surface area contributed by atoms with Gasteiger partial charge in [0.25, 0.3) is 0 Å². The molecule has 0 aromatic rings. The highest BCUT2D eigenvalue weighted by atomic mass is 79.9. The summed E-state index contributed by atoms with van der Waals surface area (Å²) < 4.78 is 6.42. The van der Waals surface area contributed by atoms with E-state index in [9.17, 15) is 0 Å².